The Morgan fingerprint density at radius 2 is 1.84 bits per heavy atom. The van der Waals surface area contributed by atoms with Gasteiger partial charge < -0.3 is 10.0 Å². The number of carboxylic acid groups (broad SMARTS) is 1. The number of amides is 1. The van der Waals surface area contributed by atoms with Crippen LogP contribution in [-0.4, -0.2) is 49.4 Å². The van der Waals surface area contributed by atoms with Gasteiger partial charge in [0.05, 0.1) is 4.90 Å². The molecule has 0 spiro atoms. The van der Waals surface area contributed by atoms with Crippen molar-refractivity contribution in [2.45, 2.75) is 43.0 Å². The molecular weight excluding hydrogens is 344 g/mol. The maximum Gasteiger partial charge on any atom is 0.303 e. The Balaban J connectivity index is 1.67. The van der Waals surface area contributed by atoms with Gasteiger partial charge in [-0.15, -0.1) is 0 Å². The minimum atomic E-state index is -3.59. The Morgan fingerprint density at radius 1 is 1.16 bits per heavy atom. The van der Waals surface area contributed by atoms with E-state index in [9.17, 15) is 18.0 Å². The van der Waals surface area contributed by atoms with E-state index in [1.165, 1.54) is 12.1 Å². The quantitative estimate of drug-likeness (QED) is 0.793. The number of hydrogen-bond donors (Lipinski definition) is 2. The summed E-state index contributed by atoms with van der Waals surface area (Å²) in [6.07, 6.45) is 3.13. The van der Waals surface area contributed by atoms with E-state index in [2.05, 4.69) is 4.72 Å². The number of carbonyl (C=O) groups is 2. The van der Waals surface area contributed by atoms with Crippen LogP contribution in [0, 0.1) is 5.92 Å². The fraction of sp³-hybridized carbons (Fsp3) is 0.529. The fourth-order valence-corrected chi connectivity index (χ4v) is 4.41. The first-order chi connectivity index (χ1) is 11.8. The van der Waals surface area contributed by atoms with Crippen molar-refractivity contribution >= 4 is 21.9 Å². The van der Waals surface area contributed by atoms with Crippen LogP contribution in [0.5, 0.6) is 0 Å². The highest BCUT2D eigenvalue weighted by Gasteiger charge is 2.29. The van der Waals surface area contributed by atoms with Crippen molar-refractivity contribution in [1.82, 2.24) is 9.62 Å². The second kappa shape index (κ2) is 7.13. The molecule has 3 rings (SSSR count). The summed E-state index contributed by atoms with van der Waals surface area (Å²) in [4.78, 5) is 25.2. The normalized spacial score (nSPS) is 19.0. The van der Waals surface area contributed by atoms with Gasteiger partial charge in [0.15, 0.2) is 0 Å². The van der Waals surface area contributed by atoms with Crippen molar-refractivity contribution in [3.8, 4) is 0 Å². The molecule has 2 N–H and O–H groups in total. The predicted molar refractivity (Wildman–Crippen MR) is 90.7 cm³/mol. The number of aliphatic carboxylic acids is 1. The van der Waals surface area contributed by atoms with Gasteiger partial charge in [0.1, 0.15) is 0 Å². The molecule has 1 aromatic rings. The topological polar surface area (TPSA) is 104 Å². The minimum absolute atomic E-state index is 0.0117. The zero-order chi connectivity index (χ0) is 18.0. The second-order valence-electron chi connectivity index (χ2n) is 6.76. The Morgan fingerprint density at radius 3 is 2.44 bits per heavy atom. The molecule has 0 unspecified atom stereocenters. The first-order valence-corrected chi connectivity index (χ1v) is 9.97. The number of likely N-dealkylation sites (tertiary alicyclic amines) is 1. The Labute approximate surface area is 147 Å². The maximum atomic E-state index is 12.6. The SMILES string of the molecule is O=C(O)CC1CCN(C(=O)c2cccc(S(=O)(=O)NC3CC3)c2)CC1. The van der Waals surface area contributed by atoms with Gasteiger partial charge in [0.2, 0.25) is 10.0 Å². The molecule has 0 aromatic heterocycles. The number of hydrogen-bond acceptors (Lipinski definition) is 4. The van der Waals surface area contributed by atoms with Crippen LogP contribution in [0.2, 0.25) is 0 Å². The average Bonchev–Trinajstić information content (AvgIpc) is 3.38. The molecule has 2 fully saturated rings. The zero-order valence-electron chi connectivity index (χ0n) is 13.8. The van der Waals surface area contributed by atoms with Crippen LogP contribution < -0.4 is 4.72 Å². The number of piperidine rings is 1. The summed E-state index contributed by atoms with van der Waals surface area (Å²) >= 11 is 0. The fourth-order valence-electron chi connectivity index (χ4n) is 3.05. The Kier molecular flexibility index (Phi) is 5.10. The van der Waals surface area contributed by atoms with E-state index in [-0.39, 0.29) is 29.2 Å². The first-order valence-electron chi connectivity index (χ1n) is 8.48. The number of rotatable bonds is 6. The van der Waals surface area contributed by atoms with E-state index in [1.54, 1.807) is 17.0 Å². The van der Waals surface area contributed by atoms with Crippen LogP contribution in [0.15, 0.2) is 29.2 Å². The van der Waals surface area contributed by atoms with Gasteiger partial charge in [-0.2, -0.15) is 0 Å². The highest BCUT2D eigenvalue weighted by molar-refractivity contribution is 7.89. The minimum Gasteiger partial charge on any atom is -0.481 e. The van der Waals surface area contributed by atoms with E-state index in [4.69, 9.17) is 5.11 Å². The third-order valence-corrected chi connectivity index (χ3v) is 6.17. The highest BCUT2D eigenvalue weighted by atomic mass is 32.2. The molecular formula is C17H22N2O5S. The molecule has 7 nitrogen and oxygen atoms in total. The zero-order valence-corrected chi connectivity index (χ0v) is 14.7. The van der Waals surface area contributed by atoms with E-state index in [0.717, 1.165) is 12.8 Å². The lowest BCUT2D eigenvalue weighted by atomic mass is 9.93. The predicted octanol–water partition coefficient (Wildman–Crippen LogP) is 1.45. The maximum absolute atomic E-state index is 12.6. The van der Waals surface area contributed by atoms with Crippen molar-refractivity contribution in [3.63, 3.8) is 0 Å². The standard InChI is InChI=1S/C17H22N2O5S/c20-16(21)10-12-6-8-19(9-7-12)17(22)13-2-1-3-15(11-13)25(23,24)18-14-4-5-14/h1-3,11-12,14,18H,4-10H2,(H,20,21). The molecule has 1 heterocycles. The summed E-state index contributed by atoms with van der Waals surface area (Å²) in [6, 6.07) is 6.10. The summed E-state index contributed by atoms with van der Waals surface area (Å²) in [5.74, 6) is -0.931. The molecule has 1 saturated carbocycles. The molecule has 1 aliphatic carbocycles. The molecule has 1 aromatic carbocycles. The lowest BCUT2D eigenvalue weighted by molar-refractivity contribution is -0.138. The molecule has 136 valence electrons. The highest BCUT2D eigenvalue weighted by Crippen LogP contribution is 2.24. The second-order valence-corrected chi connectivity index (χ2v) is 8.47. The summed E-state index contributed by atoms with van der Waals surface area (Å²) < 4.78 is 27.2. The van der Waals surface area contributed by atoms with Gasteiger partial charge in [0.25, 0.3) is 5.91 Å². The first kappa shape index (κ1) is 17.9. The molecule has 1 amide bonds. The molecule has 8 heteroatoms. The van der Waals surface area contributed by atoms with Crippen LogP contribution >= 0.6 is 0 Å². The number of nitrogens with one attached hydrogen (secondary N) is 1. The third kappa shape index (κ3) is 4.58. The summed E-state index contributed by atoms with van der Waals surface area (Å²) in [6.45, 7) is 0.988. The van der Waals surface area contributed by atoms with Crippen LogP contribution in [-0.2, 0) is 14.8 Å². The van der Waals surface area contributed by atoms with Gasteiger partial charge >= 0.3 is 5.97 Å². The van der Waals surface area contributed by atoms with Crippen LogP contribution in [0.25, 0.3) is 0 Å². The van der Waals surface area contributed by atoms with Crippen LogP contribution in [0.1, 0.15) is 42.5 Å². The molecule has 1 saturated heterocycles. The number of nitrogens with zero attached hydrogens (tertiary/aromatic N) is 1. The van der Waals surface area contributed by atoms with E-state index in [1.807, 2.05) is 0 Å². The van der Waals surface area contributed by atoms with Gasteiger partial charge in [-0.25, -0.2) is 13.1 Å². The number of carbonyl (C=O) groups excluding carboxylic acids is 1. The van der Waals surface area contributed by atoms with Gasteiger partial charge in [-0.1, -0.05) is 6.07 Å². The molecule has 25 heavy (non-hydrogen) atoms. The van der Waals surface area contributed by atoms with Gasteiger partial charge in [0, 0.05) is 31.1 Å². The Hall–Kier alpha value is -1.93. The summed E-state index contributed by atoms with van der Waals surface area (Å²) in [5.41, 5.74) is 0.343. The molecule has 0 radical (unpaired) electrons. The number of sulfonamides is 1. The van der Waals surface area contributed by atoms with Crippen molar-refractivity contribution in [3.05, 3.63) is 29.8 Å². The van der Waals surface area contributed by atoms with Crippen LogP contribution in [0.4, 0.5) is 0 Å². The number of benzene rings is 1. The Bertz CT molecular complexity index is 765. The lowest BCUT2D eigenvalue weighted by Gasteiger charge is -2.31. The van der Waals surface area contributed by atoms with Crippen molar-refractivity contribution in [2.24, 2.45) is 5.92 Å². The van der Waals surface area contributed by atoms with Gasteiger partial charge in [-0.05, 0) is 49.8 Å². The third-order valence-electron chi connectivity index (χ3n) is 4.66. The van der Waals surface area contributed by atoms with Crippen molar-refractivity contribution in [1.29, 1.82) is 0 Å². The smallest absolute Gasteiger partial charge is 0.303 e. The lowest BCUT2D eigenvalue weighted by Crippen LogP contribution is -2.39. The molecule has 0 atom stereocenters. The largest absolute Gasteiger partial charge is 0.481 e. The summed E-state index contributed by atoms with van der Waals surface area (Å²) in [7, 11) is -3.59. The molecule has 0 bridgehead atoms. The summed E-state index contributed by atoms with van der Waals surface area (Å²) in [5, 5.41) is 8.85. The van der Waals surface area contributed by atoms with E-state index in [0.29, 0.717) is 31.5 Å². The molecule has 1 aliphatic heterocycles. The van der Waals surface area contributed by atoms with Gasteiger partial charge in [-0.3, -0.25) is 9.59 Å². The van der Waals surface area contributed by atoms with Crippen molar-refractivity contribution in [2.75, 3.05) is 13.1 Å². The average molecular weight is 366 g/mol. The molecule has 2 aliphatic rings. The number of carboxylic acids is 1. The monoisotopic (exact) mass is 366 g/mol. The van der Waals surface area contributed by atoms with Crippen molar-refractivity contribution < 1.29 is 23.1 Å². The van der Waals surface area contributed by atoms with Crippen LogP contribution in [0.3, 0.4) is 0 Å². The van der Waals surface area contributed by atoms with E-state index < -0.39 is 16.0 Å². The van der Waals surface area contributed by atoms with E-state index >= 15 is 0 Å².